The number of carbonyl (C=O) groups excluding carboxylic acids is 1. The SMILES string of the molecule is CN(C(=O)CSc1nnc(N2CCCC2)n1Cc1ccco1)C(c1ccccc1)c1ccccc1. The van der Waals surface area contributed by atoms with E-state index < -0.39 is 0 Å². The maximum Gasteiger partial charge on any atom is 0.233 e. The topological polar surface area (TPSA) is 67.4 Å². The maximum absolute atomic E-state index is 13.4. The van der Waals surface area contributed by atoms with Crippen LogP contribution in [0.5, 0.6) is 0 Å². The first-order chi connectivity index (χ1) is 17.2. The lowest BCUT2D eigenvalue weighted by Gasteiger charge is -2.29. The van der Waals surface area contributed by atoms with Crippen molar-refractivity contribution in [3.8, 4) is 0 Å². The van der Waals surface area contributed by atoms with Gasteiger partial charge < -0.3 is 14.2 Å². The number of hydrogen-bond acceptors (Lipinski definition) is 6. The Balaban J connectivity index is 1.35. The Hall–Kier alpha value is -3.52. The van der Waals surface area contributed by atoms with Crippen molar-refractivity contribution in [2.75, 3.05) is 30.8 Å². The van der Waals surface area contributed by atoms with Crippen molar-refractivity contribution in [1.29, 1.82) is 0 Å². The zero-order valence-electron chi connectivity index (χ0n) is 19.8. The van der Waals surface area contributed by atoms with Crippen LogP contribution in [0.25, 0.3) is 0 Å². The minimum absolute atomic E-state index is 0.0305. The smallest absolute Gasteiger partial charge is 0.233 e. The van der Waals surface area contributed by atoms with Gasteiger partial charge in [0.1, 0.15) is 5.76 Å². The van der Waals surface area contributed by atoms with E-state index in [1.807, 2.05) is 60.5 Å². The molecule has 1 fully saturated rings. The first-order valence-corrected chi connectivity index (χ1v) is 12.9. The van der Waals surface area contributed by atoms with Gasteiger partial charge >= 0.3 is 0 Å². The second-order valence-electron chi connectivity index (χ2n) is 8.66. The molecule has 0 unspecified atom stereocenters. The predicted molar refractivity (Wildman–Crippen MR) is 137 cm³/mol. The highest BCUT2D eigenvalue weighted by atomic mass is 32.2. The summed E-state index contributed by atoms with van der Waals surface area (Å²) in [6.07, 6.45) is 3.98. The normalized spacial score (nSPS) is 13.5. The third-order valence-corrected chi connectivity index (χ3v) is 7.27. The number of benzene rings is 2. The summed E-state index contributed by atoms with van der Waals surface area (Å²) in [7, 11) is 1.87. The van der Waals surface area contributed by atoms with Gasteiger partial charge in [-0.05, 0) is 36.1 Å². The quantitative estimate of drug-likeness (QED) is 0.314. The molecule has 0 N–H and O–H groups in total. The summed E-state index contributed by atoms with van der Waals surface area (Å²) in [4.78, 5) is 17.5. The molecule has 3 heterocycles. The molecule has 8 heteroatoms. The molecule has 0 aliphatic carbocycles. The van der Waals surface area contributed by atoms with Gasteiger partial charge in [-0.25, -0.2) is 0 Å². The number of anilines is 1. The van der Waals surface area contributed by atoms with E-state index in [4.69, 9.17) is 4.42 Å². The molecule has 1 aliphatic heterocycles. The van der Waals surface area contributed by atoms with Crippen molar-refractivity contribution in [2.45, 2.75) is 30.6 Å². The van der Waals surface area contributed by atoms with Crippen LogP contribution in [0.4, 0.5) is 5.95 Å². The van der Waals surface area contributed by atoms with Gasteiger partial charge in [0.05, 0.1) is 24.6 Å². The average Bonchev–Trinajstić information content (AvgIpc) is 3.67. The van der Waals surface area contributed by atoms with Gasteiger partial charge in [0.2, 0.25) is 11.9 Å². The van der Waals surface area contributed by atoms with E-state index in [2.05, 4.69) is 43.9 Å². The van der Waals surface area contributed by atoms with Crippen molar-refractivity contribution in [1.82, 2.24) is 19.7 Å². The second-order valence-corrected chi connectivity index (χ2v) is 9.60. The molecule has 2 aromatic heterocycles. The largest absolute Gasteiger partial charge is 0.467 e. The Morgan fingerprint density at radius 1 is 0.971 bits per heavy atom. The lowest BCUT2D eigenvalue weighted by atomic mass is 9.97. The van der Waals surface area contributed by atoms with E-state index in [1.54, 1.807) is 6.26 Å². The summed E-state index contributed by atoms with van der Waals surface area (Å²) < 4.78 is 7.66. The van der Waals surface area contributed by atoms with Gasteiger partial charge in [-0.1, -0.05) is 72.4 Å². The lowest BCUT2D eigenvalue weighted by molar-refractivity contribution is -0.128. The van der Waals surface area contributed by atoms with Crippen LogP contribution in [0.15, 0.2) is 88.6 Å². The molecule has 0 radical (unpaired) electrons. The van der Waals surface area contributed by atoms with E-state index in [9.17, 15) is 4.79 Å². The Kier molecular flexibility index (Phi) is 7.18. The van der Waals surface area contributed by atoms with Gasteiger partial charge in [0.25, 0.3) is 0 Å². The summed E-state index contributed by atoms with van der Waals surface area (Å²) >= 11 is 1.42. The zero-order valence-corrected chi connectivity index (χ0v) is 20.6. The highest BCUT2D eigenvalue weighted by Gasteiger charge is 2.26. The van der Waals surface area contributed by atoms with E-state index in [1.165, 1.54) is 11.8 Å². The van der Waals surface area contributed by atoms with Crippen LogP contribution in [-0.2, 0) is 11.3 Å². The van der Waals surface area contributed by atoms with E-state index in [-0.39, 0.29) is 17.7 Å². The second kappa shape index (κ2) is 10.8. The molecule has 35 heavy (non-hydrogen) atoms. The fourth-order valence-corrected chi connectivity index (χ4v) is 5.37. The Labute approximate surface area is 209 Å². The number of carbonyl (C=O) groups is 1. The number of thioether (sulfide) groups is 1. The van der Waals surface area contributed by atoms with Gasteiger partial charge in [-0.2, -0.15) is 0 Å². The summed E-state index contributed by atoms with van der Waals surface area (Å²) in [6, 6.07) is 24.0. The lowest BCUT2D eigenvalue weighted by Crippen LogP contribution is -2.33. The molecule has 0 saturated carbocycles. The molecule has 0 bridgehead atoms. The summed E-state index contributed by atoms with van der Waals surface area (Å²) in [5, 5.41) is 9.66. The van der Waals surface area contributed by atoms with Crippen LogP contribution >= 0.6 is 11.8 Å². The molecular formula is C27H29N5O2S. The number of amides is 1. The highest BCUT2D eigenvalue weighted by Crippen LogP contribution is 2.30. The fraction of sp³-hybridized carbons (Fsp3) is 0.296. The van der Waals surface area contributed by atoms with Crippen LogP contribution < -0.4 is 4.90 Å². The number of furan rings is 1. The van der Waals surface area contributed by atoms with Crippen LogP contribution in [0, 0.1) is 0 Å². The molecule has 180 valence electrons. The first kappa shape index (κ1) is 23.2. The first-order valence-electron chi connectivity index (χ1n) is 11.9. The Bertz CT molecular complexity index is 1180. The average molecular weight is 488 g/mol. The molecular weight excluding hydrogens is 458 g/mol. The van der Waals surface area contributed by atoms with Crippen molar-refractivity contribution < 1.29 is 9.21 Å². The molecule has 0 spiro atoms. The van der Waals surface area contributed by atoms with Gasteiger partial charge in [0, 0.05) is 20.1 Å². The molecule has 1 saturated heterocycles. The van der Waals surface area contributed by atoms with E-state index in [0.717, 1.165) is 53.9 Å². The van der Waals surface area contributed by atoms with Gasteiger partial charge in [-0.3, -0.25) is 9.36 Å². The minimum atomic E-state index is -0.161. The van der Waals surface area contributed by atoms with Crippen molar-refractivity contribution >= 4 is 23.6 Å². The molecule has 5 rings (SSSR count). The number of aromatic nitrogens is 3. The standard InChI is InChI=1S/C27H29N5O2S/c1-30(25(21-11-4-2-5-12-21)22-13-6-3-7-14-22)24(33)20-35-27-29-28-26(31-16-8-9-17-31)32(27)19-23-15-10-18-34-23/h2-7,10-15,18,25H,8-9,16-17,19-20H2,1H3. The van der Waals surface area contributed by atoms with Crippen LogP contribution in [0.1, 0.15) is 35.8 Å². The van der Waals surface area contributed by atoms with Gasteiger partial charge in [-0.15, -0.1) is 10.2 Å². The Morgan fingerprint density at radius 3 is 2.23 bits per heavy atom. The minimum Gasteiger partial charge on any atom is -0.467 e. The van der Waals surface area contributed by atoms with E-state index in [0.29, 0.717) is 6.54 Å². The molecule has 0 atom stereocenters. The fourth-order valence-electron chi connectivity index (χ4n) is 4.52. The van der Waals surface area contributed by atoms with Crippen molar-refractivity contribution in [2.24, 2.45) is 0 Å². The summed E-state index contributed by atoms with van der Waals surface area (Å²) in [5.41, 5.74) is 2.16. The molecule has 1 amide bonds. The summed E-state index contributed by atoms with van der Waals surface area (Å²) in [6.45, 7) is 2.48. The van der Waals surface area contributed by atoms with Crippen LogP contribution in [0.2, 0.25) is 0 Å². The van der Waals surface area contributed by atoms with Crippen LogP contribution in [0.3, 0.4) is 0 Å². The van der Waals surface area contributed by atoms with Gasteiger partial charge in [0.15, 0.2) is 5.16 Å². The zero-order chi connectivity index (χ0) is 24.0. The molecule has 1 aliphatic rings. The maximum atomic E-state index is 13.4. The Morgan fingerprint density at radius 2 is 1.63 bits per heavy atom. The van der Waals surface area contributed by atoms with Crippen molar-refractivity contribution in [3.63, 3.8) is 0 Å². The monoisotopic (exact) mass is 487 g/mol. The molecule has 4 aromatic rings. The van der Waals surface area contributed by atoms with Crippen LogP contribution in [-0.4, -0.2) is 51.5 Å². The van der Waals surface area contributed by atoms with E-state index >= 15 is 0 Å². The number of rotatable bonds is 9. The predicted octanol–water partition coefficient (Wildman–Crippen LogP) is 4.86. The van der Waals surface area contributed by atoms with Crippen molar-refractivity contribution in [3.05, 3.63) is 95.9 Å². The number of nitrogens with zero attached hydrogens (tertiary/aromatic N) is 5. The third-order valence-electron chi connectivity index (χ3n) is 6.32. The summed E-state index contributed by atoms with van der Waals surface area (Å²) in [5.74, 6) is 1.98. The number of hydrogen-bond donors (Lipinski definition) is 0. The molecule has 7 nitrogen and oxygen atoms in total. The molecule has 2 aromatic carbocycles. The third kappa shape index (κ3) is 5.27. The highest BCUT2D eigenvalue weighted by molar-refractivity contribution is 7.99.